The van der Waals surface area contributed by atoms with Crippen LogP contribution in [0.5, 0.6) is 0 Å². The van der Waals surface area contributed by atoms with E-state index in [4.69, 9.17) is 5.73 Å². The van der Waals surface area contributed by atoms with Gasteiger partial charge in [-0.05, 0) is 29.8 Å². The second-order valence-electron chi connectivity index (χ2n) is 4.01. The highest BCUT2D eigenvalue weighted by Crippen LogP contribution is 2.29. The molecule has 0 radical (unpaired) electrons. The standard InChI is InChI=1S/C13H11BrN4S/c14-10-4-3-5-11(15)9(10)8-19-13-17-16-12-6-1-2-7-18(12)13/h1-7H,8,15H2. The Morgan fingerprint density at radius 1 is 1.16 bits per heavy atom. The van der Waals surface area contributed by atoms with Crippen molar-refractivity contribution in [3.63, 3.8) is 0 Å². The Labute approximate surface area is 123 Å². The van der Waals surface area contributed by atoms with Gasteiger partial charge in [-0.2, -0.15) is 0 Å². The molecule has 2 N–H and O–H groups in total. The summed E-state index contributed by atoms with van der Waals surface area (Å²) in [6.07, 6.45) is 1.96. The van der Waals surface area contributed by atoms with Gasteiger partial charge in [0.2, 0.25) is 0 Å². The molecule has 96 valence electrons. The normalized spacial score (nSPS) is 11.0. The number of anilines is 1. The number of pyridine rings is 1. The number of thioether (sulfide) groups is 1. The van der Waals surface area contributed by atoms with E-state index in [1.54, 1.807) is 11.8 Å². The van der Waals surface area contributed by atoms with E-state index >= 15 is 0 Å². The summed E-state index contributed by atoms with van der Waals surface area (Å²) in [6, 6.07) is 11.7. The second-order valence-corrected chi connectivity index (χ2v) is 5.80. The van der Waals surface area contributed by atoms with E-state index < -0.39 is 0 Å². The molecular formula is C13H11BrN4S. The summed E-state index contributed by atoms with van der Waals surface area (Å²) < 4.78 is 2.99. The maximum absolute atomic E-state index is 5.99. The van der Waals surface area contributed by atoms with E-state index in [0.29, 0.717) is 0 Å². The summed E-state index contributed by atoms with van der Waals surface area (Å²) in [5.74, 6) is 0.753. The summed E-state index contributed by atoms with van der Waals surface area (Å²) in [5.41, 5.74) is 8.71. The Bertz CT molecular complexity index is 705. The molecule has 0 bridgehead atoms. The van der Waals surface area contributed by atoms with E-state index in [2.05, 4.69) is 26.1 Å². The second kappa shape index (κ2) is 5.22. The Kier molecular flexibility index (Phi) is 3.44. The maximum Gasteiger partial charge on any atom is 0.195 e. The summed E-state index contributed by atoms with van der Waals surface area (Å²) >= 11 is 5.14. The number of aromatic nitrogens is 3. The van der Waals surface area contributed by atoms with E-state index in [0.717, 1.165) is 32.3 Å². The minimum Gasteiger partial charge on any atom is -0.398 e. The van der Waals surface area contributed by atoms with Crippen LogP contribution in [0, 0.1) is 0 Å². The minimum absolute atomic E-state index is 0.753. The predicted octanol–water partition coefficient (Wildman–Crippen LogP) is 3.37. The van der Waals surface area contributed by atoms with Gasteiger partial charge in [0.15, 0.2) is 10.8 Å². The Morgan fingerprint density at radius 2 is 2.05 bits per heavy atom. The fourth-order valence-electron chi connectivity index (χ4n) is 1.78. The van der Waals surface area contributed by atoms with Crippen LogP contribution >= 0.6 is 27.7 Å². The molecule has 0 aliphatic rings. The molecule has 1 aromatic carbocycles. The first kappa shape index (κ1) is 12.5. The van der Waals surface area contributed by atoms with Gasteiger partial charge in [-0.1, -0.05) is 39.8 Å². The highest BCUT2D eigenvalue weighted by molar-refractivity contribution is 9.10. The van der Waals surface area contributed by atoms with Crippen molar-refractivity contribution in [2.24, 2.45) is 0 Å². The first-order valence-corrected chi connectivity index (χ1v) is 7.49. The van der Waals surface area contributed by atoms with Gasteiger partial charge in [0, 0.05) is 22.1 Å². The molecule has 0 saturated carbocycles. The quantitative estimate of drug-likeness (QED) is 0.589. The fraction of sp³-hybridized carbons (Fsp3) is 0.0769. The van der Waals surface area contributed by atoms with Crippen LogP contribution in [0.15, 0.2) is 52.2 Å². The van der Waals surface area contributed by atoms with Gasteiger partial charge in [-0.3, -0.25) is 4.40 Å². The van der Waals surface area contributed by atoms with Crippen LogP contribution < -0.4 is 5.73 Å². The molecule has 6 heteroatoms. The monoisotopic (exact) mass is 334 g/mol. The van der Waals surface area contributed by atoms with E-state index in [1.807, 2.05) is 47.0 Å². The van der Waals surface area contributed by atoms with Crippen molar-refractivity contribution in [2.45, 2.75) is 10.9 Å². The maximum atomic E-state index is 5.99. The molecule has 0 aliphatic heterocycles. The molecule has 0 saturated heterocycles. The molecule has 0 fully saturated rings. The largest absolute Gasteiger partial charge is 0.398 e. The Balaban J connectivity index is 1.87. The molecule has 2 aromatic heterocycles. The molecule has 3 rings (SSSR count). The summed E-state index contributed by atoms with van der Waals surface area (Å²) in [4.78, 5) is 0. The van der Waals surface area contributed by atoms with Gasteiger partial charge in [-0.15, -0.1) is 10.2 Å². The zero-order valence-corrected chi connectivity index (χ0v) is 12.4. The van der Waals surface area contributed by atoms with Gasteiger partial charge >= 0.3 is 0 Å². The number of rotatable bonds is 3. The van der Waals surface area contributed by atoms with Crippen LogP contribution in [0.2, 0.25) is 0 Å². The number of nitrogens with zero attached hydrogens (tertiary/aromatic N) is 3. The lowest BCUT2D eigenvalue weighted by Gasteiger charge is -2.06. The average Bonchev–Trinajstić information content (AvgIpc) is 2.82. The fourth-order valence-corrected chi connectivity index (χ4v) is 3.48. The Morgan fingerprint density at radius 3 is 2.89 bits per heavy atom. The Hall–Kier alpha value is -1.53. The van der Waals surface area contributed by atoms with Crippen LogP contribution in [0.3, 0.4) is 0 Å². The lowest BCUT2D eigenvalue weighted by atomic mass is 10.2. The summed E-state index contributed by atoms with van der Waals surface area (Å²) in [5, 5.41) is 9.18. The number of hydrogen-bond acceptors (Lipinski definition) is 4. The molecule has 0 aliphatic carbocycles. The molecule has 4 nitrogen and oxygen atoms in total. The third-order valence-electron chi connectivity index (χ3n) is 2.78. The molecule has 0 spiro atoms. The van der Waals surface area contributed by atoms with Crippen molar-refractivity contribution in [1.29, 1.82) is 0 Å². The van der Waals surface area contributed by atoms with Crippen LogP contribution in [0.1, 0.15) is 5.56 Å². The van der Waals surface area contributed by atoms with E-state index in [1.165, 1.54) is 0 Å². The van der Waals surface area contributed by atoms with Crippen molar-refractivity contribution in [1.82, 2.24) is 14.6 Å². The van der Waals surface area contributed by atoms with Gasteiger partial charge in [-0.25, -0.2) is 0 Å². The molecule has 2 heterocycles. The minimum atomic E-state index is 0.753. The van der Waals surface area contributed by atoms with E-state index in [-0.39, 0.29) is 0 Å². The summed E-state index contributed by atoms with van der Waals surface area (Å²) in [6.45, 7) is 0. The van der Waals surface area contributed by atoms with Crippen molar-refractivity contribution in [3.05, 3.63) is 52.6 Å². The van der Waals surface area contributed by atoms with Crippen molar-refractivity contribution in [2.75, 3.05) is 5.73 Å². The van der Waals surface area contributed by atoms with Gasteiger partial charge < -0.3 is 5.73 Å². The highest BCUT2D eigenvalue weighted by atomic mass is 79.9. The first-order valence-electron chi connectivity index (χ1n) is 5.71. The smallest absolute Gasteiger partial charge is 0.195 e. The third kappa shape index (κ3) is 2.46. The number of hydrogen-bond donors (Lipinski definition) is 1. The molecule has 0 unspecified atom stereocenters. The van der Waals surface area contributed by atoms with Gasteiger partial charge in [0.05, 0.1) is 0 Å². The van der Waals surface area contributed by atoms with Crippen LogP contribution in [0.25, 0.3) is 5.65 Å². The first-order chi connectivity index (χ1) is 9.25. The zero-order valence-electron chi connectivity index (χ0n) is 9.95. The molecule has 0 atom stereocenters. The number of benzene rings is 1. The molecule has 3 aromatic rings. The predicted molar refractivity (Wildman–Crippen MR) is 81.1 cm³/mol. The van der Waals surface area contributed by atoms with Crippen LogP contribution in [-0.4, -0.2) is 14.6 Å². The van der Waals surface area contributed by atoms with Crippen molar-refractivity contribution in [3.8, 4) is 0 Å². The molecular weight excluding hydrogens is 324 g/mol. The van der Waals surface area contributed by atoms with Gasteiger partial charge in [0.1, 0.15) is 0 Å². The molecule has 0 amide bonds. The lowest BCUT2D eigenvalue weighted by molar-refractivity contribution is 0.921. The SMILES string of the molecule is Nc1cccc(Br)c1CSc1nnc2ccccn12. The topological polar surface area (TPSA) is 56.2 Å². The van der Waals surface area contributed by atoms with Crippen molar-refractivity contribution < 1.29 is 0 Å². The number of fused-ring (bicyclic) bond motifs is 1. The summed E-state index contributed by atoms with van der Waals surface area (Å²) in [7, 11) is 0. The number of nitrogen functional groups attached to an aromatic ring is 1. The van der Waals surface area contributed by atoms with Crippen molar-refractivity contribution >= 4 is 39.0 Å². The highest BCUT2D eigenvalue weighted by Gasteiger charge is 2.09. The zero-order chi connectivity index (χ0) is 13.2. The lowest BCUT2D eigenvalue weighted by Crippen LogP contribution is -1.94. The van der Waals surface area contributed by atoms with Crippen LogP contribution in [-0.2, 0) is 5.75 Å². The number of nitrogens with two attached hydrogens (primary N) is 1. The van der Waals surface area contributed by atoms with Crippen LogP contribution in [0.4, 0.5) is 5.69 Å². The third-order valence-corrected chi connectivity index (χ3v) is 4.50. The number of halogens is 1. The average molecular weight is 335 g/mol. The van der Waals surface area contributed by atoms with Gasteiger partial charge in [0.25, 0.3) is 0 Å². The molecule has 19 heavy (non-hydrogen) atoms. The van der Waals surface area contributed by atoms with E-state index in [9.17, 15) is 0 Å².